The van der Waals surface area contributed by atoms with Gasteiger partial charge in [0.15, 0.2) is 0 Å². The maximum Gasteiger partial charge on any atom is 0.135 e. The average Bonchev–Trinajstić information content (AvgIpc) is 2.86. The number of hydrogen-bond acceptors (Lipinski definition) is 6. The predicted molar refractivity (Wildman–Crippen MR) is 126 cm³/mol. The Morgan fingerprint density at radius 1 is 0.906 bits per heavy atom. The summed E-state index contributed by atoms with van der Waals surface area (Å²) in [6.45, 7) is 2.93. The van der Waals surface area contributed by atoms with Crippen molar-refractivity contribution < 1.29 is 0 Å². The van der Waals surface area contributed by atoms with Crippen molar-refractivity contribution in [2.45, 2.75) is 25.3 Å². The summed E-state index contributed by atoms with van der Waals surface area (Å²) in [5.41, 5.74) is 4.14. The minimum Gasteiger partial charge on any atom is -0.340 e. The molecule has 1 atom stereocenters. The molecule has 6 nitrogen and oxygen atoms in total. The summed E-state index contributed by atoms with van der Waals surface area (Å²) in [5.74, 6) is 1.98. The molecule has 1 N–H and O–H groups in total. The second-order valence-corrected chi connectivity index (χ2v) is 8.16. The fourth-order valence-corrected chi connectivity index (χ4v) is 4.20. The Morgan fingerprint density at radius 3 is 2.53 bits per heavy atom. The topological polar surface area (TPSA) is 66.8 Å². The first-order valence-electron chi connectivity index (χ1n) is 11.1. The summed E-state index contributed by atoms with van der Waals surface area (Å²) in [7, 11) is 0. The lowest BCUT2D eigenvalue weighted by Gasteiger charge is -2.32. The van der Waals surface area contributed by atoms with Gasteiger partial charge in [-0.2, -0.15) is 0 Å². The molecule has 4 heterocycles. The molecule has 4 aromatic rings. The third kappa shape index (κ3) is 4.98. The van der Waals surface area contributed by atoms with Crippen LogP contribution in [0.1, 0.15) is 30.1 Å². The number of para-hydroxylation sites is 1. The monoisotopic (exact) mass is 422 g/mol. The number of benzene rings is 1. The Hall–Kier alpha value is -3.64. The molecule has 1 aliphatic heterocycles. The molecule has 0 spiro atoms. The van der Waals surface area contributed by atoms with Crippen LogP contribution in [0.5, 0.6) is 0 Å². The zero-order valence-corrected chi connectivity index (χ0v) is 17.9. The molecule has 0 bridgehead atoms. The summed E-state index contributed by atoms with van der Waals surface area (Å²) in [4.78, 5) is 20.9. The van der Waals surface area contributed by atoms with Gasteiger partial charge in [0, 0.05) is 61.1 Å². The highest BCUT2D eigenvalue weighted by atomic mass is 15.1. The van der Waals surface area contributed by atoms with Crippen LogP contribution in [-0.2, 0) is 6.54 Å². The summed E-state index contributed by atoms with van der Waals surface area (Å²) >= 11 is 0. The molecule has 0 amide bonds. The number of rotatable bonds is 6. The summed E-state index contributed by atoms with van der Waals surface area (Å²) in [5, 5.41) is 3.45. The highest BCUT2D eigenvalue weighted by Crippen LogP contribution is 2.29. The van der Waals surface area contributed by atoms with Crippen molar-refractivity contribution in [2.24, 2.45) is 0 Å². The Morgan fingerprint density at radius 2 is 1.75 bits per heavy atom. The lowest BCUT2D eigenvalue weighted by atomic mass is 9.96. The van der Waals surface area contributed by atoms with Gasteiger partial charge >= 0.3 is 0 Å². The zero-order valence-electron chi connectivity index (χ0n) is 17.9. The lowest BCUT2D eigenvalue weighted by molar-refractivity contribution is 0.196. The van der Waals surface area contributed by atoms with Crippen LogP contribution in [0.25, 0.3) is 11.3 Å². The molecule has 160 valence electrons. The molecule has 0 radical (unpaired) electrons. The minimum absolute atomic E-state index is 0.286. The quantitative estimate of drug-likeness (QED) is 0.469. The minimum atomic E-state index is 0.286. The van der Waals surface area contributed by atoms with E-state index in [-0.39, 0.29) is 5.92 Å². The van der Waals surface area contributed by atoms with Gasteiger partial charge in [-0.15, -0.1) is 0 Å². The molecule has 1 aliphatic rings. The largest absolute Gasteiger partial charge is 0.340 e. The first kappa shape index (κ1) is 20.3. The maximum absolute atomic E-state index is 4.98. The summed E-state index contributed by atoms with van der Waals surface area (Å²) in [6.07, 6.45) is 9.63. The van der Waals surface area contributed by atoms with Crippen molar-refractivity contribution >= 4 is 11.5 Å². The fraction of sp³-hybridized carbons (Fsp3) is 0.231. The van der Waals surface area contributed by atoms with Gasteiger partial charge in [-0.3, -0.25) is 14.9 Å². The molecule has 1 aromatic carbocycles. The van der Waals surface area contributed by atoms with Crippen LogP contribution in [0.15, 0.2) is 85.5 Å². The SMILES string of the molecule is c1ccc(Nc2cc(-c3cccnc3)nc([C@H]3CCCN(Cc4cccnc4)C3)n2)cc1. The number of aromatic nitrogens is 4. The molecule has 0 saturated carbocycles. The molecule has 6 heteroatoms. The van der Waals surface area contributed by atoms with E-state index in [1.165, 1.54) is 5.56 Å². The Bertz CT molecular complexity index is 1130. The molecule has 1 fully saturated rings. The molecule has 0 aliphatic carbocycles. The van der Waals surface area contributed by atoms with Crippen LogP contribution in [0.2, 0.25) is 0 Å². The Labute approximate surface area is 188 Å². The maximum atomic E-state index is 4.98. The van der Waals surface area contributed by atoms with Crippen LogP contribution in [0.3, 0.4) is 0 Å². The summed E-state index contributed by atoms with van der Waals surface area (Å²) < 4.78 is 0. The molecule has 32 heavy (non-hydrogen) atoms. The number of anilines is 2. The molecule has 3 aromatic heterocycles. The van der Waals surface area contributed by atoms with Gasteiger partial charge in [0.1, 0.15) is 11.6 Å². The van der Waals surface area contributed by atoms with Crippen LogP contribution in [0, 0.1) is 0 Å². The van der Waals surface area contributed by atoms with Gasteiger partial charge in [-0.25, -0.2) is 9.97 Å². The van der Waals surface area contributed by atoms with Crippen LogP contribution in [0.4, 0.5) is 11.5 Å². The van der Waals surface area contributed by atoms with E-state index in [2.05, 4.69) is 26.3 Å². The van der Waals surface area contributed by atoms with Gasteiger partial charge in [-0.1, -0.05) is 24.3 Å². The third-order valence-electron chi connectivity index (χ3n) is 5.75. The van der Waals surface area contributed by atoms with E-state index in [4.69, 9.17) is 9.97 Å². The average molecular weight is 423 g/mol. The standard InChI is InChI=1S/C26H26N6/c1-2-10-23(11-3-1)29-25-15-24(21-8-5-13-28-17-21)30-26(31-25)22-9-6-14-32(19-22)18-20-7-4-12-27-16-20/h1-5,7-8,10-13,15-17,22H,6,9,14,18-19H2,(H,29,30,31)/t22-/m0/s1. The van der Waals surface area contributed by atoms with Crippen LogP contribution < -0.4 is 5.32 Å². The number of nitrogens with one attached hydrogen (secondary N) is 1. The Kier molecular flexibility index (Phi) is 6.12. The van der Waals surface area contributed by atoms with E-state index in [1.807, 2.05) is 73.2 Å². The first-order chi connectivity index (χ1) is 15.8. The van der Waals surface area contributed by atoms with Crippen molar-refractivity contribution in [1.29, 1.82) is 0 Å². The van der Waals surface area contributed by atoms with E-state index in [0.717, 1.165) is 61.1 Å². The molecule has 1 saturated heterocycles. The van der Waals surface area contributed by atoms with Gasteiger partial charge in [0.2, 0.25) is 0 Å². The van der Waals surface area contributed by atoms with Gasteiger partial charge in [0.25, 0.3) is 0 Å². The number of piperidine rings is 1. The highest BCUT2D eigenvalue weighted by Gasteiger charge is 2.24. The van der Waals surface area contributed by atoms with E-state index in [0.29, 0.717) is 0 Å². The number of hydrogen-bond donors (Lipinski definition) is 1. The normalized spacial score (nSPS) is 16.6. The smallest absolute Gasteiger partial charge is 0.135 e. The predicted octanol–water partition coefficient (Wildman–Crippen LogP) is 5.06. The molecular weight excluding hydrogens is 396 g/mol. The van der Waals surface area contributed by atoms with Crippen molar-refractivity contribution in [2.75, 3.05) is 18.4 Å². The van der Waals surface area contributed by atoms with Crippen molar-refractivity contribution in [3.8, 4) is 11.3 Å². The zero-order chi connectivity index (χ0) is 21.6. The summed E-state index contributed by atoms with van der Waals surface area (Å²) in [6, 6.07) is 20.3. The van der Waals surface area contributed by atoms with E-state index in [1.54, 1.807) is 6.20 Å². The molecular formula is C26H26N6. The number of nitrogens with zero attached hydrogens (tertiary/aromatic N) is 5. The second-order valence-electron chi connectivity index (χ2n) is 8.16. The van der Waals surface area contributed by atoms with Gasteiger partial charge in [0.05, 0.1) is 5.69 Å². The Balaban J connectivity index is 1.43. The number of pyridine rings is 2. The van der Waals surface area contributed by atoms with Crippen LogP contribution in [-0.4, -0.2) is 37.9 Å². The highest BCUT2D eigenvalue weighted by molar-refractivity contribution is 5.65. The lowest BCUT2D eigenvalue weighted by Crippen LogP contribution is -2.34. The van der Waals surface area contributed by atoms with Gasteiger partial charge < -0.3 is 5.32 Å². The third-order valence-corrected chi connectivity index (χ3v) is 5.75. The van der Waals surface area contributed by atoms with Crippen molar-refractivity contribution in [3.63, 3.8) is 0 Å². The first-order valence-corrected chi connectivity index (χ1v) is 11.1. The van der Waals surface area contributed by atoms with E-state index in [9.17, 15) is 0 Å². The second kappa shape index (κ2) is 9.66. The van der Waals surface area contributed by atoms with Crippen molar-refractivity contribution in [1.82, 2.24) is 24.8 Å². The van der Waals surface area contributed by atoms with Crippen LogP contribution >= 0.6 is 0 Å². The number of likely N-dealkylation sites (tertiary alicyclic amines) is 1. The van der Waals surface area contributed by atoms with E-state index < -0.39 is 0 Å². The van der Waals surface area contributed by atoms with Crippen molar-refractivity contribution in [3.05, 3.63) is 96.8 Å². The molecule has 0 unspecified atom stereocenters. The fourth-order valence-electron chi connectivity index (χ4n) is 4.20. The van der Waals surface area contributed by atoms with E-state index >= 15 is 0 Å². The van der Waals surface area contributed by atoms with Gasteiger partial charge in [-0.05, 0) is 55.3 Å². The molecule has 5 rings (SSSR count).